The molecule has 0 aliphatic carbocycles. The van der Waals surface area contributed by atoms with Crippen molar-refractivity contribution in [2.45, 2.75) is 19.1 Å². The van der Waals surface area contributed by atoms with Gasteiger partial charge in [0.1, 0.15) is 23.7 Å². The lowest BCUT2D eigenvalue weighted by Crippen LogP contribution is -2.34. The largest absolute Gasteiger partial charge is 0.507 e. The van der Waals surface area contributed by atoms with E-state index in [0.717, 1.165) is 0 Å². The molecule has 0 aromatic heterocycles. The van der Waals surface area contributed by atoms with Gasteiger partial charge in [-0.1, -0.05) is 0 Å². The van der Waals surface area contributed by atoms with Crippen molar-refractivity contribution in [3.05, 3.63) is 23.8 Å². The molecule has 0 fully saturated rings. The lowest BCUT2D eigenvalue weighted by molar-refractivity contribution is -0.119. The highest BCUT2D eigenvalue weighted by Crippen LogP contribution is 2.29. The summed E-state index contributed by atoms with van der Waals surface area (Å²) in [7, 11) is 1.45. The average Bonchev–Trinajstić information content (AvgIpc) is 2.34. The van der Waals surface area contributed by atoms with Crippen molar-refractivity contribution in [1.82, 2.24) is 5.32 Å². The number of amides is 1. The van der Waals surface area contributed by atoms with E-state index in [9.17, 15) is 20.1 Å². The molecule has 2 unspecified atom stereocenters. The molecule has 1 aromatic carbocycles. The number of ether oxygens (including phenoxy) is 1. The van der Waals surface area contributed by atoms with Crippen LogP contribution in [0, 0.1) is 0 Å². The predicted molar refractivity (Wildman–Crippen MR) is 64.3 cm³/mol. The summed E-state index contributed by atoms with van der Waals surface area (Å²) in [5, 5.41) is 31.6. The van der Waals surface area contributed by atoms with E-state index < -0.39 is 12.2 Å². The van der Waals surface area contributed by atoms with E-state index in [2.05, 4.69) is 5.32 Å². The fourth-order valence-electron chi connectivity index (χ4n) is 1.47. The Kier molecular flexibility index (Phi) is 4.94. The van der Waals surface area contributed by atoms with Gasteiger partial charge in [-0.25, -0.2) is 0 Å². The first-order chi connectivity index (χ1) is 8.45. The molecule has 4 N–H and O–H groups in total. The Labute approximate surface area is 105 Å². The number of nitrogens with one attached hydrogen (secondary N) is 1. The normalized spacial score (nSPS) is 13.8. The van der Waals surface area contributed by atoms with Crippen molar-refractivity contribution in [2.24, 2.45) is 0 Å². The summed E-state index contributed by atoms with van der Waals surface area (Å²) in [6.45, 7) is 1.21. The fraction of sp³-hybridized carbons (Fsp3) is 0.417. The van der Waals surface area contributed by atoms with Gasteiger partial charge in [-0.15, -0.1) is 0 Å². The van der Waals surface area contributed by atoms with E-state index in [4.69, 9.17) is 4.74 Å². The first-order valence-electron chi connectivity index (χ1n) is 5.43. The Morgan fingerprint density at radius 1 is 1.44 bits per heavy atom. The number of phenols is 1. The van der Waals surface area contributed by atoms with Crippen molar-refractivity contribution >= 4 is 5.91 Å². The third-order valence-electron chi connectivity index (χ3n) is 2.48. The standard InChI is InChI=1S/C12H17NO5/c1-7(14)13-6-11(16)12(17)9-4-3-8(18-2)5-10(9)15/h3-5,11-12,15-17H,6H2,1-2H3,(H,13,14). The molecule has 0 bridgehead atoms. The Hall–Kier alpha value is -1.79. The monoisotopic (exact) mass is 255 g/mol. The highest BCUT2D eigenvalue weighted by atomic mass is 16.5. The number of aliphatic hydroxyl groups excluding tert-OH is 2. The van der Waals surface area contributed by atoms with Crippen LogP contribution < -0.4 is 10.1 Å². The quantitative estimate of drug-likeness (QED) is 0.590. The molecule has 0 spiro atoms. The average molecular weight is 255 g/mol. The van der Waals surface area contributed by atoms with E-state index in [-0.39, 0.29) is 23.8 Å². The zero-order valence-electron chi connectivity index (χ0n) is 10.3. The number of phenolic OH excluding ortho intramolecular Hbond substituents is 1. The van der Waals surface area contributed by atoms with E-state index in [0.29, 0.717) is 5.75 Å². The van der Waals surface area contributed by atoms with Crippen LogP contribution in [0.3, 0.4) is 0 Å². The topological polar surface area (TPSA) is 99.0 Å². The van der Waals surface area contributed by atoms with E-state index >= 15 is 0 Å². The minimum Gasteiger partial charge on any atom is -0.507 e. The van der Waals surface area contributed by atoms with Gasteiger partial charge in [0.15, 0.2) is 0 Å². The van der Waals surface area contributed by atoms with Crippen LogP contribution in [0.2, 0.25) is 0 Å². The smallest absolute Gasteiger partial charge is 0.216 e. The van der Waals surface area contributed by atoms with Gasteiger partial charge in [-0.05, 0) is 12.1 Å². The van der Waals surface area contributed by atoms with Crippen LogP contribution in [-0.4, -0.2) is 41.0 Å². The summed E-state index contributed by atoms with van der Waals surface area (Å²) < 4.78 is 4.91. The van der Waals surface area contributed by atoms with Crippen molar-refractivity contribution in [3.8, 4) is 11.5 Å². The molecule has 1 aromatic rings. The fourth-order valence-corrected chi connectivity index (χ4v) is 1.47. The highest BCUT2D eigenvalue weighted by Gasteiger charge is 2.21. The molecule has 6 nitrogen and oxygen atoms in total. The summed E-state index contributed by atoms with van der Waals surface area (Å²) >= 11 is 0. The summed E-state index contributed by atoms with van der Waals surface area (Å²) in [5.41, 5.74) is 0.175. The molecule has 0 radical (unpaired) electrons. The molecule has 18 heavy (non-hydrogen) atoms. The molecule has 0 heterocycles. The molecule has 2 atom stereocenters. The van der Waals surface area contributed by atoms with Crippen LogP contribution >= 0.6 is 0 Å². The van der Waals surface area contributed by atoms with E-state index in [1.165, 1.54) is 26.2 Å². The summed E-state index contributed by atoms with van der Waals surface area (Å²) in [4.78, 5) is 10.7. The number of methoxy groups -OCH3 is 1. The molecule has 0 aliphatic rings. The first kappa shape index (κ1) is 14.3. The first-order valence-corrected chi connectivity index (χ1v) is 5.43. The summed E-state index contributed by atoms with van der Waals surface area (Å²) in [6, 6.07) is 4.35. The van der Waals surface area contributed by atoms with E-state index in [1.54, 1.807) is 6.07 Å². The van der Waals surface area contributed by atoms with Crippen molar-refractivity contribution in [1.29, 1.82) is 0 Å². The molecular weight excluding hydrogens is 238 g/mol. The highest BCUT2D eigenvalue weighted by molar-refractivity contribution is 5.72. The number of rotatable bonds is 5. The Bertz CT molecular complexity index is 421. The van der Waals surface area contributed by atoms with Gasteiger partial charge in [0.05, 0.1) is 7.11 Å². The lowest BCUT2D eigenvalue weighted by atomic mass is 10.0. The van der Waals surface area contributed by atoms with Crippen LogP contribution in [-0.2, 0) is 4.79 Å². The maximum absolute atomic E-state index is 10.7. The Morgan fingerprint density at radius 2 is 2.11 bits per heavy atom. The second-order valence-electron chi connectivity index (χ2n) is 3.87. The second kappa shape index (κ2) is 6.23. The van der Waals surface area contributed by atoms with Gasteiger partial charge >= 0.3 is 0 Å². The van der Waals surface area contributed by atoms with Crippen LogP contribution in [0.15, 0.2) is 18.2 Å². The van der Waals surface area contributed by atoms with Crippen LogP contribution in [0.5, 0.6) is 11.5 Å². The van der Waals surface area contributed by atoms with Gasteiger partial charge in [-0.3, -0.25) is 4.79 Å². The van der Waals surface area contributed by atoms with Gasteiger partial charge in [0.2, 0.25) is 5.91 Å². The third kappa shape index (κ3) is 3.61. The number of aliphatic hydroxyl groups is 2. The summed E-state index contributed by atoms with van der Waals surface area (Å²) in [6.07, 6.45) is -2.49. The van der Waals surface area contributed by atoms with E-state index in [1.807, 2.05) is 0 Å². The maximum atomic E-state index is 10.7. The van der Waals surface area contributed by atoms with Crippen molar-refractivity contribution in [2.75, 3.05) is 13.7 Å². The number of hydrogen-bond donors (Lipinski definition) is 4. The molecule has 1 rings (SSSR count). The molecule has 0 aliphatic heterocycles. The third-order valence-corrected chi connectivity index (χ3v) is 2.48. The number of benzene rings is 1. The second-order valence-corrected chi connectivity index (χ2v) is 3.87. The maximum Gasteiger partial charge on any atom is 0.216 e. The van der Waals surface area contributed by atoms with Crippen LogP contribution in [0.4, 0.5) is 0 Å². The Morgan fingerprint density at radius 3 is 2.61 bits per heavy atom. The predicted octanol–water partition coefficient (Wildman–Crippen LogP) is -0.0688. The van der Waals surface area contributed by atoms with Gasteiger partial charge in [-0.2, -0.15) is 0 Å². The molecule has 100 valence electrons. The molecule has 0 saturated heterocycles. The van der Waals surface area contributed by atoms with Gasteiger partial charge in [0.25, 0.3) is 0 Å². The van der Waals surface area contributed by atoms with Gasteiger partial charge in [0, 0.05) is 25.1 Å². The van der Waals surface area contributed by atoms with Gasteiger partial charge < -0.3 is 25.4 Å². The molecule has 0 saturated carbocycles. The molecule has 6 heteroatoms. The number of carbonyl (C=O) groups excluding carboxylic acids is 1. The zero-order chi connectivity index (χ0) is 13.7. The minimum atomic E-state index is -1.29. The number of aromatic hydroxyl groups is 1. The lowest BCUT2D eigenvalue weighted by Gasteiger charge is -2.19. The van der Waals surface area contributed by atoms with Crippen molar-refractivity contribution < 1.29 is 24.9 Å². The number of carbonyl (C=O) groups is 1. The zero-order valence-corrected chi connectivity index (χ0v) is 10.3. The van der Waals surface area contributed by atoms with Crippen LogP contribution in [0.1, 0.15) is 18.6 Å². The minimum absolute atomic E-state index is 0.0953. The molecular formula is C12H17NO5. The number of hydrogen-bond acceptors (Lipinski definition) is 5. The van der Waals surface area contributed by atoms with Crippen molar-refractivity contribution in [3.63, 3.8) is 0 Å². The Balaban J connectivity index is 2.76. The summed E-state index contributed by atoms with van der Waals surface area (Å²) in [5.74, 6) is -0.0382. The van der Waals surface area contributed by atoms with Crippen LogP contribution in [0.25, 0.3) is 0 Å². The SMILES string of the molecule is COc1ccc(C(O)C(O)CNC(C)=O)c(O)c1. The molecule has 1 amide bonds.